The molecule has 8 heteroatoms. The van der Waals surface area contributed by atoms with Gasteiger partial charge in [0.05, 0.1) is 29.1 Å². The predicted molar refractivity (Wildman–Crippen MR) is 130 cm³/mol. The lowest BCUT2D eigenvalue weighted by molar-refractivity contribution is -0.116. The molecule has 33 heavy (non-hydrogen) atoms. The van der Waals surface area contributed by atoms with Gasteiger partial charge < -0.3 is 4.90 Å². The summed E-state index contributed by atoms with van der Waals surface area (Å²) in [5, 5.41) is 9.89. The SMILES string of the molecule is Cc1ccnc(-n2c(SCC(=O)N(CCC#N)c3ccccc3)nc3ccccc3c2=O)c1. The lowest BCUT2D eigenvalue weighted by Crippen LogP contribution is -2.33. The van der Waals surface area contributed by atoms with E-state index in [0.717, 1.165) is 11.3 Å². The van der Waals surface area contributed by atoms with Gasteiger partial charge >= 0.3 is 0 Å². The van der Waals surface area contributed by atoms with Gasteiger partial charge in [0.1, 0.15) is 5.82 Å². The highest BCUT2D eigenvalue weighted by atomic mass is 32.2. The minimum absolute atomic E-state index is 0.0525. The normalized spacial score (nSPS) is 10.7. The highest BCUT2D eigenvalue weighted by Gasteiger charge is 2.19. The minimum atomic E-state index is -0.238. The number of fused-ring (bicyclic) bond motifs is 1. The fourth-order valence-electron chi connectivity index (χ4n) is 3.43. The maximum absolute atomic E-state index is 13.3. The molecule has 4 aromatic rings. The number of nitriles is 1. The van der Waals surface area contributed by atoms with Crippen LogP contribution in [-0.4, -0.2) is 32.7 Å². The summed E-state index contributed by atoms with van der Waals surface area (Å²) in [6.45, 7) is 2.21. The van der Waals surface area contributed by atoms with Crippen LogP contribution in [0.2, 0.25) is 0 Å². The molecule has 0 aliphatic rings. The van der Waals surface area contributed by atoms with Crippen LogP contribution in [0.4, 0.5) is 5.69 Å². The number of anilines is 1. The van der Waals surface area contributed by atoms with Gasteiger partial charge in [-0.2, -0.15) is 5.26 Å². The largest absolute Gasteiger partial charge is 0.311 e. The van der Waals surface area contributed by atoms with Crippen LogP contribution in [0.1, 0.15) is 12.0 Å². The first-order valence-electron chi connectivity index (χ1n) is 10.4. The monoisotopic (exact) mass is 455 g/mol. The van der Waals surface area contributed by atoms with E-state index in [1.165, 1.54) is 16.3 Å². The smallest absolute Gasteiger partial charge is 0.267 e. The molecule has 0 unspecified atom stereocenters. The van der Waals surface area contributed by atoms with Crippen LogP contribution < -0.4 is 10.5 Å². The number of hydrogen-bond donors (Lipinski definition) is 0. The van der Waals surface area contributed by atoms with Crippen LogP contribution in [0, 0.1) is 18.3 Å². The summed E-state index contributed by atoms with van der Waals surface area (Å²) in [7, 11) is 0. The highest BCUT2D eigenvalue weighted by molar-refractivity contribution is 7.99. The van der Waals surface area contributed by atoms with Gasteiger partial charge in [0.25, 0.3) is 5.56 Å². The average molecular weight is 456 g/mol. The molecule has 0 saturated heterocycles. The second-order valence-electron chi connectivity index (χ2n) is 7.32. The Labute approximate surface area is 195 Å². The number of aromatic nitrogens is 3. The number of hydrogen-bond acceptors (Lipinski definition) is 6. The lowest BCUT2D eigenvalue weighted by atomic mass is 10.2. The number of thioether (sulfide) groups is 1. The molecule has 0 radical (unpaired) electrons. The molecule has 0 fully saturated rings. The topological polar surface area (TPSA) is 91.9 Å². The third kappa shape index (κ3) is 4.94. The van der Waals surface area contributed by atoms with Crippen molar-refractivity contribution >= 4 is 34.3 Å². The maximum Gasteiger partial charge on any atom is 0.267 e. The van der Waals surface area contributed by atoms with Gasteiger partial charge in [0, 0.05) is 18.4 Å². The summed E-state index contributed by atoms with van der Waals surface area (Å²) < 4.78 is 1.45. The summed E-state index contributed by atoms with van der Waals surface area (Å²) in [5.41, 5.74) is 2.00. The second-order valence-corrected chi connectivity index (χ2v) is 8.26. The Balaban J connectivity index is 1.70. The van der Waals surface area contributed by atoms with Crippen LogP contribution in [0.5, 0.6) is 0 Å². The Kier molecular flexibility index (Phi) is 6.81. The summed E-state index contributed by atoms with van der Waals surface area (Å²) in [6.07, 6.45) is 1.86. The number of carbonyl (C=O) groups excluding carboxylic acids is 1. The molecular weight excluding hydrogens is 434 g/mol. The average Bonchev–Trinajstić information content (AvgIpc) is 2.84. The first-order valence-corrected chi connectivity index (χ1v) is 11.4. The molecule has 0 aliphatic carbocycles. The van der Waals surface area contributed by atoms with E-state index in [-0.39, 0.29) is 30.2 Å². The van der Waals surface area contributed by atoms with Gasteiger partial charge in [-0.05, 0) is 48.9 Å². The summed E-state index contributed by atoms with van der Waals surface area (Å²) in [6, 6.07) is 22.1. The minimum Gasteiger partial charge on any atom is -0.311 e. The number of benzene rings is 2. The van der Waals surface area contributed by atoms with Crippen LogP contribution in [0.15, 0.2) is 82.9 Å². The van der Waals surface area contributed by atoms with Gasteiger partial charge in [0.2, 0.25) is 5.91 Å². The van der Waals surface area contributed by atoms with E-state index in [0.29, 0.717) is 21.9 Å². The van der Waals surface area contributed by atoms with Crippen molar-refractivity contribution in [3.63, 3.8) is 0 Å². The third-order valence-corrected chi connectivity index (χ3v) is 5.94. The summed E-state index contributed by atoms with van der Waals surface area (Å²) >= 11 is 1.18. The number of pyridine rings is 1. The van der Waals surface area contributed by atoms with E-state index in [9.17, 15) is 9.59 Å². The van der Waals surface area contributed by atoms with Gasteiger partial charge in [0.15, 0.2) is 5.16 Å². The Morgan fingerprint density at radius 3 is 2.64 bits per heavy atom. The number of aryl methyl sites for hydroxylation is 1. The van der Waals surface area contributed by atoms with E-state index in [1.54, 1.807) is 29.3 Å². The quantitative estimate of drug-likeness (QED) is 0.307. The molecular formula is C25H21N5O2S. The number of rotatable bonds is 7. The van der Waals surface area contributed by atoms with Crippen LogP contribution in [-0.2, 0) is 4.79 Å². The molecule has 164 valence electrons. The molecule has 0 saturated carbocycles. The molecule has 1 amide bonds. The van der Waals surface area contributed by atoms with E-state index in [4.69, 9.17) is 5.26 Å². The maximum atomic E-state index is 13.3. The Morgan fingerprint density at radius 1 is 1.12 bits per heavy atom. The molecule has 2 aromatic carbocycles. The van der Waals surface area contributed by atoms with Gasteiger partial charge in [-0.25, -0.2) is 14.5 Å². The summed E-state index contributed by atoms with van der Waals surface area (Å²) in [4.78, 5) is 37.1. The van der Waals surface area contributed by atoms with Crippen LogP contribution >= 0.6 is 11.8 Å². The first-order chi connectivity index (χ1) is 16.1. The fourth-order valence-corrected chi connectivity index (χ4v) is 4.30. The lowest BCUT2D eigenvalue weighted by Gasteiger charge is -2.22. The van der Waals surface area contributed by atoms with Crippen molar-refractivity contribution < 1.29 is 4.79 Å². The number of para-hydroxylation sites is 2. The van der Waals surface area contributed by atoms with Gasteiger partial charge in [-0.15, -0.1) is 0 Å². The third-order valence-electron chi connectivity index (χ3n) is 5.02. The zero-order valence-corrected chi connectivity index (χ0v) is 18.8. The first kappa shape index (κ1) is 22.2. The Bertz CT molecular complexity index is 1400. The van der Waals surface area contributed by atoms with E-state index < -0.39 is 0 Å². The number of nitrogens with zero attached hydrogens (tertiary/aromatic N) is 5. The molecule has 2 heterocycles. The highest BCUT2D eigenvalue weighted by Crippen LogP contribution is 2.23. The Morgan fingerprint density at radius 2 is 1.88 bits per heavy atom. The van der Waals surface area contributed by atoms with Crippen molar-refractivity contribution in [2.24, 2.45) is 0 Å². The summed E-state index contributed by atoms with van der Waals surface area (Å²) in [5.74, 6) is 0.335. The molecule has 7 nitrogen and oxygen atoms in total. The van der Waals surface area contributed by atoms with E-state index in [2.05, 4.69) is 16.0 Å². The van der Waals surface area contributed by atoms with Gasteiger partial charge in [-0.3, -0.25) is 9.59 Å². The number of amides is 1. The molecule has 0 spiro atoms. The number of carbonyl (C=O) groups is 1. The fraction of sp³-hybridized carbons (Fsp3) is 0.160. The van der Waals surface area contributed by atoms with Crippen molar-refractivity contribution in [1.29, 1.82) is 5.26 Å². The van der Waals surface area contributed by atoms with Crippen molar-refractivity contribution in [2.75, 3.05) is 17.2 Å². The molecule has 0 bridgehead atoms. The zero-order valence-electron chi connectivity index (χ0n) is 18.0. The predicted octanol–water partition coefficient (Wildman–Crippen LogP) is 4.13. The van der Waals surface area contributed by atoms with E-state index in [1.807, 2.05) is 55.5 Å². The van der Waals surface area contributed by atoms with Gasteiger partial charge in [-0.1, -0.05) is 42.1 Å². The molecule has 2 aromatic heterocycles. The van der Waals surface area contributed by atoms with E-state index >= 15 is 0 Å². The standard InChI is InChI=1S/C25H21N5O2S/c1-18-12-14-27-22(16-18)30-24(32)20-10-5-6-11-21(20)28-25(30)33-17-23(31)29(15-7-13-26)19-8-3-2-4-9-19/h2-6,8-12,14,16H,7,15,17H2,1H3. The van der Waals surface area contributed by atoms with Crippen LogP contribution in [0.3, 0.4) is 0 Å². The molecule has 0 N–H and O–H groups in total. The van der Waals surface area contributed by atoms with Crippen molar-refractivity contribution in [3.8, 4) is 11.9 Å². The van der Waals surface area contributed by atoms with Crippen LogP contribution in [0.25, 0.3) is 16.7 Å². The zero-order chi connectivity index (χ0) is 23.2. The Hall–Kier alpha value is -3.96. The molecule has 0 atom stereocenters. The second kappa shape index (κ2) is 10.1. The molecule has 0 aliphatic heterocycles. The molecule has 4 rings (SSSR count). The van der Waals surface area contributed by atoms with Crippen molar-refractivity contribution in [3.05, 3.63) is 88.8 Å². The van der Waals surface area contributed by atoms with Crippen molar-refractivity contribution in [2.45, 2.75) is 18.5 Å². The van der Waals surface area contributed by atoms with Crippen molar-refractivity contribution in [1.82, 2.24) is 14.5 Å².